The third kappa shape index (κ3) is 8.01. The van der Waals surface area contributed by atoms with Gasteiger partial charge in [-0.2, -0.15) is 0 Å². The summed E-state index contributed by atoms with van der Waals surface area (Å²) in [6.45, 7) is 2.26. The van der Waals surface area contributed by atoms with Crippen LogP contribution in [-0.2, 0) is 6.42 Å². The van der Waals surface area contributed by atoms with Gasteiger partial charge < -0.3 is 19.8 Å². The number of halogens is 3. The van der Waals surface area contributed by atoms with Crippen LogP contribution in [0.3, 0.4) is 0 Å². The van der Waals surface area contributed by atoms with E-state index in [4.69, 9.17) is 0 Å². The fraction of sp³-hybridized carbons (Fsp3) is 0.375. The van der Waals surface area contributed by atoms with Crippen LogP contribution in [0.1, 0.15) is 24.0 Å². The van der Waals surface area contributed by atoms with Crippen LogP contribution in [-0.4, -0.2) is 54.0 Å². The number of alkyl halides is 3. The standard InChI is InChI=1S/C24H27F3N2O3/c25-24(26,27)32-20-11-8-19(9-12-20)16-23(31)28-21(17-29-14-4-5-15-29)22(30)13-10-18-6-2-1-3-7-18/h1-3,6-13,21-22,30H,4-5,14-17H2,(H,28,31)/p-1/b13-10+/t21?,22-/m1/s1. The van der Waals surface area contributed by atoms with Crippen LogP contribution in [0.25, 0.3) is 6.08 Å². The largest absolute Gasteiger partial charge is 0.862 e. The number of aliphatic hydroxyl groups is 1. The normalized spacial score (nSPS) is 17.6. The smallest absolute Gasteiger partial charge is 0.573 e. The van der Waals surface area contributed by atoms with Gasteiger partial charge in [0.15, 0.2) is 0 Å². The molecule has 0 aromatic heterocycles. The summed E-state index contributed by atoms with van der Waals surface area (Å²) in [7, 11) is 0. The molecule has 1 saturated heterocycles. The van der Waals surface area contributed by atoms with Crippen molar-refractivity contribution >= 4 is 12.0 Å². The van der Waals surface area contributed by atoms with Crippen LogP contribution in [0.5, 0.6) is 5.75 Å². The Kier molecular flexibility index (Phi) is 8.30. The van der Waals surface area contributed by atoms with Crippen molar-refractivity contribution in [2.75, 3.05) is 19.6 Å². The Bertz CT molecular complexity index is 893. The van der Waals surface area contributed by atoms with Gasteiger partial charge in [-0.25, -0.2) is 0 Å². The molecule has 1 heterocycles. The number of hydrogen-bond donors (Lipinski definition) is 1. The molecular formula is C24H26F3N2O3-. The highest BCUT2D eigenvalue weighted by Gasteiger charge is 2.31. The lowest BCUT2D eigenvalue weighted by Crippen LogP contribution is -2.38. The van der Waals surface area contributed by atoms with Crippen LogP contribution in [0.15, 0.2) is 65.7 Å². The molecule has 0 radical (unpaired) electrons. The van der Waals surface area contributed by atoms with Gasteiger partial charge in [-0.05, 0) is 55.1 Å². The van der Waals surface area contributed by atoms with Crippen LogP contribution >= 0.6 is 0 Å². The molecule has 0 saturated carbocycles. The molecule has 3 rings (SSSR count). The molecule has 1 aliphatic heterocycles. The van der Waals surface area contributed by atoms with E-state index in [0.29, 0.717) is 12.1 Å². The summed E-state index contributed by atoms with van der Waals surface area (Å²) in [5, 5.41) is 23.3. The molecule has 0 amide bonds. The van der Waals surface area contributed by atoms with Crippen LogP contribution in [0.4, 0.5) is 13.2 Å². The summed E-state index contributed by atoms with van der Waals surface area (Å²) in [6.07, 6.45) is -0.206. The summed E-state index contributed by atoms with van der Waals surface area (Å²) < 4.78 is 40.7. The number of nitrogens with zero attached hydrogens (tertiary/aromatic N) is 2. The Morgan fingerprint density at radius 1 is 1.09 bits per heavy atom. The summed E-state index contributed by atoms with van der Waals surface area (Å²) in [5.74, 6) is -0.787. The SMILES string of the molecule is [O-]C(Cc1ccc(OC(F)(F)F)cc1)=NC(CN1CCCC1)[C@H](O)/C=C/c1ccccc1. The maximum Gasteiger partial charge on any atom is 0.573 e. The highest BCUT2D eigenvalue weighted by Crippen LogP contribution is 2.23. The van der Waals surface area contributed by atoms with Gasteiger partial charge in [-0.1, -0.05) is 54.6 Å². The average Bonchev–Trinajstić information content (AvgIpc) is 3.26. The molecular weight excluding hydrogens is 421 g/mol. The third-order valence-electron chi connectivity index (χ3n) is 5.15. The zero-order valence-corrected chi connectivity index (χ0v) is 17.5. The van der Waals surface area contributed by atoms with E-state index in [1.54, 1.807) is 12.2 Å². The lowest BCUT2D eigenvalue weighted by atomic mass is 10.1. The van der Waals surface area contributed by atoms with Gasteiger partial charge in [0.25, 0.3) is 0 Å². The Morgan fingerprint density at radius 3 is 2.38 bits per heavy atom. The minimum absolute atomic E-state index is 0.0715. The molecule has 8 heteroatoms. The first kappa shape index (κ1) is 23.8. The van der Waals surface area contributed by atoms with Crippen molar-refractivity contribution in [3.8, 4) is 5.75 Å². The van der Waals surface area contributed by atoms with Gasteiger partial charge in [0.05, 0.1) is 12.1 Å². The van der Waals surface area contributed by atoms with Gasteiger partial charge in [0.2, 0.25) is 0 Å². The van der Waals surface area contributed by atoms with Crippen molar-refractivity contribution in [3.05, 3.63) is 71.8 Å². The predicted octanol–water partition coefficient (Wildman–Crippen LogP) is 3.43. The molecule has 172 valence electrons. The Hall–Kier alpha value is -2.84. The first-order chi connectivity index (χ1) is 15.3. The fourth-order valence-electron chi connectivity index (χ4n) is 3.57. The predicted molar refractivity (Wildman–Crippen MR) is 115 cm³/mol. The van der Waals surface area contributed by atoms with E-state index in [9.17, 15) is 23.4 Å². The first-order valence-electron chi connectivity index (χ1n) is 10.5. The van der Waals surface area contributed by atoms with E-state index in [-0.39, 0.29) is 12.2 Å². The molecule has 1 fully saturated rings. The summed E-state index contributed by atoms with van der Waals surface area (Å²) in [6, 6.07) is 14.0. The zero-order chi connectivity index (χ0) is 23.0. The number of benzene rings is 2. The van der Waals surface area contributed by atoms with Crippen molar-refractivity contribution in [3.63, 3.8) is 0 Å². The number of aliphatic imine (C=N–C) groups is 1. The number of hydrogen-bond acceptors (Lipinski definition) is 5. The van der Waals surface area contributed by atoms with Crippen molar-refractivity contribution < 1.29 is 28.1 Å². The van der Waals surface area contributed by atoms with Gasteiger partial charge >= 0.3 is 6.36 Å². The minimum Gasteiger partial charge on any atom is -0.862 e. The number of ether oxygens (including phenoxy) is 1. The van der Waals surface area contributed by atoms with E-state index in [2.05, 4.69) is 14.6 Å². The van der Waals surface area contributed by atoms with Crippen molar-refractivity contribution in [2.45, 2.75) is 37.8 Å². The van der Waals surface area contributed by atoms with Crippen LogP contribution in [0.2, 0.25) is 0 Å². The van der Waals surface area contributed by atoms with E-state index in [1.807, 2.05) is 30.3 Å². The van der Waals surface area contributed by atoms with Gasteiger partial charge in [-0.3, -0.25) is 4.99 Å². The summed E-state index contributed by atoms with van der Waals surface area (Å²) >= 11 is 0. The Morgan fingerprint density at radius 2 is 1.75 bits per heavy atom. The van der Waals surface area contributed by atoms with Crippen molar-refractivity contribution in [1.82, 2.24) is 4.90 Å². The van der Waals surface area contributed by atoms with Crippen LogP contribution < -0.4 is 9.84 Å². The zero-order valence-electron chi connectivity index (χ0n) is 17.5. The van der Waals surface area contributed by atoms with Gasteiger partial charge in [-0.15, -0.1) is 13.2 Å². The van der Waals surface area contributed by atoms with E-state index < -0.39 is 24.4 Å². The van der Waals surface area contributed by atoms with Gasteiger partial charge in [0, 0.05) is 13.0 Å². The molecule has 1 aliphatic rings. The second kappa shape index (κ2) is 11.2. The van der Waals surface area contributed by atoms with Crippen molar-refractivity contribution in [1.29, 1.82) is 0 Å². The van der Waals surface area contributed by atoms with E-state index >= 15 is 0 Å². The second-order valence-corrected chi connectivity index (χ2v) is 7.73. The molecule has 0 aliphatic carbocycles. The first-order valence-corrected chi connectivity index (χ1v) is 10.5. The highest BCUT2D eigenvalue weighted by molar-refractivity contribution is 5.74. The maximum atomic E-state index is 12.6. The summed E-state index contributed by atoms with van der Waals surface area (Å²) in [5.41, 5.74) is 1.45. The lowest BCUT2D eigenvalue weighted by Gasteiger charge is -2.25. The minimum atomic E-state index is -4.77. The van der Waals surface area contributed by atoms with Crippen molar-refractivity contribution in [2.24, 2.45) is 4.99 Å². The molecule has 32 heavy (non-hydrogen) atoms. The molecule has 5 nitrogen and oxygen atoms in total. The molecule has 2 atom stereocenters. The highest BCUT2D eigenvalue weighted by atomic mass is 19.4. The number of rotatable bonds is 9. The number of aliphatic hydroxyl groups excluding tert-OH is 1. The molecule has 1 N–H and O–H groups in total. The lowest BCUT2D eigenvalue weighted by molar-refractivity contribution is -0.274. The Labute approximate surface area is 185 Å². The third-order valence-corrected chi connectivity index (χ3v) is 5.15. The topological polar surface area (TPSA) is 68.1 Å². The second-order valence-electron chi connectivity index (χ2n) is 7.73. The molecule has 0 spiro atoms. The average molecular weight is 447 g/mol. The Balaban J connectivity index is 1.68. The molecule has 1 unspecified atom stereocenters. The quantitative estimate of drug-likeness (QED) is 0.473. The maximum absolute atomic E-state index is 12.6. The monoisotopic (exact) mass is 447 g/mol. The van der Waals surface area contributed by atoms with E-state index in [0.717, 1.165) is 43.6 Å². The van der Waals surface area contributed by atoms with Crippen LogP contribution in [0, 0.1) is 0 Å². The van der Waals surface area contributed by atoms with Gasteiger partial charge in [0.1, 0.15) is 5.75 Å². The van der Waals surface area contributed by atoms with E-state index in [1.165, 1.54) is 12.1 Å². The molecule has 2 aromatic carbocycles. The number of likely N-dealkylation sites (tertiary alicyclic amines) is 1. The fourth-order valence-corrected chi connectivity index (χ4v) is 3.57. The molecule has 2 aromatic rings. The molecule has 0 bridgehead atoms. The summed E-state index contributed by atoms with van der Waals surface area (Å²) in [4.78, 5) is 6.41.